The standard InChI is InChI=1S/C22H24N4O3/c1-22(2,3)20(29)15-8-23-21-19(15)25-17(9-24-21)16-11-26(10-13(28)12-27)18-7-5-4-6-14(16)18/h4-9,11,13,27-28H,10,12H2,1-3H3,(H,23,24). The summed E-state index contributed by atoms with van der Waals surface area (Å²) in [5.41, 5.74) is 3.56. The van der Waals surface area contributed by atoms with E-state index in [1.165, 1.54) is 0 Å². The Morgan fingerprint density at radius 1 is 1.28 bits per heavy atom. The van der Waals surface area contributed by atoms with Gasteiger partial charge < -0.3 is 19.8 Å². The summed E-state index contributed by atoms with van der Waals surface area (Å²) in [5.74, 6) is 0.00342. The zero-order valence-electron chi connectivity index (χ0n) is 16.7. The second-order valence-corrected chi connectivity index (χ2v) is 8.28. The first-order valence-corrected chi connectivity index (χ1v) is 9.55. The average molecular weight is 392 g/mol. The summed E-state index contributed by atoms with van der Waals surface area (Å²) in [4.78, 5) is 25.1. The van der Waals surface area contributed by atoms with Crippen LogP contribution < -0.4 is 0 Å². The predicted octanol–water partition coefficient (Wildman–Crippen LogP) is 3.16. The maximum absolute atomic E-state index is 12.8. The van der Waals surface area contributed by atoms with Crippen molar-refractivity contribution in [2.24, 2.45) is 5.41 Å². The molecule has 7 heteroatoms. The first kappa shape index (κ1) is 19.3. The Labute approximate surface area is 168 Å². The van der Waals surface area contributed by atoms with Gasteiger partial charge in [0.1, 0.15) is 5.52 Å². The molecule has 0 amide bonds. The van der Waals surface area contributed by atoms with Gasteiger partial charge in [-0.05, 0) is 6.07 Å². The third-order valence-electron chi connectivity index (χ3n) is 4.99. The van der Waals surface area contributed by atoms with E-state index in [-0.39, 0.29) is 18.9 Å². The number of hydrogen-bond donors (Lipinski definition) is 3. The minimum Gasteiger partial charge on any atom is -0.394 e. The second-order valence-electron chi connectivity index (χ2n) is 8.28. The van der Waals surface area contributed by atoms with Gasteiger partial charge in [0, 0.05) is 34.3 Å². The van der Waals surface area contributed by atoms with Gasteiger partial charge in [0.15, 0.2) is 11.4 Å². The molecule has 1 aromatic carbocycles. The van der Waals surface area contributed by atoms with Gasteiger partial charge in [-0.2, -0.15) is 0 Å². The number of carbonyl (C=O) groups excluding carboxylic acids is 1. The van der Waals surface area contributed by atoms with Crippen LogP contribution >= 0.6 is 0 Å². The van der Waals surface area contributed by atoms with Crippen LogP contribution in [0.25, 0.3) is 33.3 Å². The maximum Gasteiger partial charge on any atom is 0.171 e. The predicted molar refractivity (Wildman–Crippen MR) is 112 cm³/mol. The van der Waals surface area contributed by atoms with Gasteiger partial charge in [-0.25, -0.2) is 9.97 Å². The van der Waals surface area contributed by atoms with Gasteiger partial charge >= 0.3 is 0 Å². The molecule has 0 radical (unpaired) electrons. The zero-order valence-corrected chi connectivity index (χ0v) is 16.7. The molecule has 3 aromatic heterocycles. The van der Waals surface area contributed by atoms with Crippen molar-refractivity contribution in [1.29, 1.82) is 0 Å². The third-order valence-corrected chi connectivity index (χ3v) is 4.99. The van der Waals surface area contributed by atoms with Crippen molar-refractivity contribution in [2.45, 2.75) is 33.4 Å². The smallest absolute Gasteiger partial charge is 0.171 e. The van der Waals surface area contributed by atoms with Crippen molar-refractivity contribution < 1.29 is 15.0 Å². The zero-order chi connectivity index (χ0) is 20.8. The topological polar surface area (TPSA) is 104 Å². The first-order chi connectivity index (χ1) is 13.8. The SMILES string of the molecule is CC(C)(C)C(=O)c1c[nH]c2ncc(-c3cn(CC(O)CO)c4ccccc34)nc12. The summed E-state index contributed by atoms with van der Waals surface area (Å²) in [5, 5.41) is 20.1. The Hall–Kier alpha value is -3.03. The van der Waals surface area contributed by atoms with Crippen LogP contribution in [0.5, 0.6) is 0 Å². The van der Waals surface area contributed by atoms with E-state index in [1.54, 1.807) is 12.4 Å². The van der Waals surface area contributed by atoms with Crippen LogP contribution in [0.15, 0.2) is 42.9 Å². The van der Waals surface area contributed by atoms with Crippen molar-refractivity contribution in [3.8, 4) is 11.3 Å². The van der Waals surface area contributed by atoms with Crippen molar-refractivity contribution in [1.82, 2.24) is 19.5 Å². The highest BCUT2D eigenvalue weighted by atomic mass is 16.3. The fourth-order valence-corrected chi connectivity index (χ4v) is 3.48. The Balaban J connectivity index is 1.87. The molecule has 0 aliphatic heterocycles. The van der Waals surface area contributed by atoms with E-state index in [1.807, 2.05) is 55.8 Å². The van der Waals surface area contributed by atoms with Crippen molar-refractivity contribution in [3.63, 3.8) is 0 Å². The number of aromatic nitrogens is 4. The molecular formula is C22H24N4O3. The molecule has 0 aliphatic rings. The first-order valence-electron chi connectivity index (χ1n) is 9.55. The number of para-hydroxylation sites is 1. The summed E-state index contributed by atoms with van der Waals surface area (Å²) in [7, 11) is 0. The van der Waals surface area contributed by atoms with E-state index < -0.39 is 11.5 Å². The van der Waals surface area contributed by atoms with E-state index in [4.69, 9.17) is 4.98 Å². The minimum atomic E-state index is -0.854. The van der Waals surface area contributed by atoms with Gasteiger partial charge in [-0.3, -0.25) is 4.79 Å². The van der Waals surface area contributed by atoms with Crippen molar-refractivity contribution >= 4 is 27.9 Å². The van der Waals surface area contributed by atoms with Crippen LogP contribution in [0.2, 0.25) is 0 Å². The number of nitrogens with zero attached hydrogens (tertiary/aromatic N) is 3. The number of ketones is 1. The van der Waals surface area contributed by atoms with Gasteiger partial charge in [0.2, 0.25) is 0 Å². The van der Waals surface area contributed by atoms with Gasteiger partial charge in [-0.15, -0.1) is 0 Å². The van der Waals surface area contributed by atoms with Crippen LogP contribution in [0.1, 0.15) is 31.1 Å². The molecule has 1 atom stereocenters. The molecule has 4 rings (SSSR count). The van der Waals surface area contributed by atoms with E-state index in [0.717, 1.165) is 16.5 Å². The van der Waals surface area contributed by atoms with Crippen molar-refractivity contribution in [3.05, 3.63) is 48.4 Å². The molecule has 0 saturated heterocycles. The molecule has 0 saturated carbocycles. The number of carbonyl (C=O) groups is 1. The molecule has 7 nitrogen and oxygen atoms in total. The number of aliphatic hydroxyl groups is 2. The van der Waals surface area contributed by atoms with Gasteiger partial charge in [-0.1, -0.05) is 39.0 Å². The Morgan fingerprint density at radius 3 is 2.76 bits per heavy atom. The molecule has 3 N–H and O–H groups in total. The molecule has 0 bridgehead atoms. The van der Waals surface area contributed by atoms with Gasteiger partial charge in [0.05, 0.1) is 36.7 Å². The Kier molecular flexibility index (Phi) is 4.72. The number of hydrogen-bond acceptors (Lipinski definition) is 5. The number of rotatable bonds is 5. The number of Topliss-reactive ketones (excluding diaryl/α,β-unsaturated/α-hetero) is 1. The summed E-state index contributed by atoms with van der Waals surface area (Å²) in [6.07, 6.45) is 4.40. The van der Waals surface area contributed by atoms with E-state index in [0.29, 0.717) is 22.4 Å². The molecule has 150 valence electrons. The number of aliphatic hydroxyl groups excluding tert-OH is 2. The summed E-state index contributed by atoms with van der Waals surface area (Å²) in [6.45, 7) is 5.60. The maximum atomic E-state index is 12.8. The largest absolute Gasteiger partial charge is 0.394 e. The summed E-state index contributed by atoms with van der Waals surface area (Å²) in [6, 6.07) is 7.81. The summed E-state index contributed by atoms with van der Waals surface area (Å²) < 4.78 is 1.90. The van der Waals surface area contributed by atoms with Crippen LogP contribution in [0.3, 0.4) is 0 Å². The fourth-order valence-electron chi connectivity index (χ4n) is 3.48. The quantitative estimate of drug-likeness (QED) is 0.453. The van der Waals surface area contributed by atoms with Crippen LogP contribution in [-0.2, 0) is 6.54 Å². The lowest BCUT2D eigenvalue weighted by atomic mass is 9.87. The minimum absolute atomic E-state index is 0.00342. The van der Waals surface area contributed by atoms with Crippen LogP contribution in [-0.4, -0.2) is 48.2 Å². The van der Waals surface area contributed by atoms with E-state index in [9.17, 15) is 15.0 Å². The van der Waals surface area contributed by atoms with E-state index in [2.05, 4.69) is 9.97 Å². The number of fused-ring (bicyclic) bond motifs is 2. The Morgan fingerprint density at radius 2 is 2.03 bits per heavy atom. The molecular weight excluding hydrogens is 368 g/mol. The van der Waals surface area contributed by atoms with E-state index >= 15 is 0 Å². The number of H-pyrrole nitrogens is 1. The molecule has 3 heterocycles. The molecule has 0 spiro atoms. The normalized spacial score (nSPS) is 13.3. The second kappa shape index (κ2) is 7.09. The van der Waals surface area contributed by atoms with Gasteiger partial charge in [0.25, 0.3) is 0 Å². The summed E-state index contributed by atoms with van der Waals surface area (Å²) >= 11 is 0. The molecule has 29 heavy (non-hydrogen) atoms. The van der Waals surface area contributed by atoms with Crippen LogP contribution in [0.4, 0.5) is 0 Å². The lowest BCUT2D eigenvalue weighted by Crippen LogP contribution is -2.20. The highest BCUT2D eigenvalue weighted by Gasteiger charge is 2.26. The molecule has 4 aromatic rings. The highest BCUT2D eigenvalue weighted by molar-refractivity contribution is 6.08. The Bertz CT molecular complexity index is 1200. The highest BCUT2D eigenvalue weighted by Crippen LogP contribution is 2.31. The number of nitrogens with one attached hydrogen (secondary N) is 1. The van der Waals surface area contributed by atoms with Crippen LogP contribution in [0, 0.1) is 5.41 Å². The van der Waals surface area contributed by atoms with Crippen molar-refractivity contribution in [2.75, 3.05) is 6.61 Å². The average Bonchev–Trinajstić information content (AvgIpc) is 3.28. The molecule has 0 aliphatic carbocycles. The third kappa shape index (κ3) is 3.43. The fraction of sp³-hybridized carbons (Fsp3) is 0.318. The lowest BCUT2D eigenvalue weighted by molar-refractivity contribution is 0.0822. The monoisotopic (exact) mass is 392 g/mol. The molecule has 0 fully saturated rings. The molecule has 1 unspecified atom stereocenters. The number of benzene rings is 1. The lowest BCUT2D eigenvalue weighted by Gasteiger charge is -2.15. The number of aromatic amines is 1.